The summed E-state index contributed by atoms with van der Waals surface area (Å²) in [4.78, 5) is 23.4. The molecule has 21 heavy (non-hydrogen) atoms. The molecule has 1 amide bonds. The average Bonchev–Trinajstić information content (AvgIpc) is 2.95. The molecule has 0 saturated heterocycles. The van der Waals surface area contributed by atoms with Crippen LogP contribution in [0.25, 0.3) is 0 Å². The highest BCUT2D eigenvalue weighted by Gasteiger charge is 2.24. The number of aromatic nitrogens is 1. The van der Waals surface area contributed by atoms with Gasteiger partial charge in [-0.1, -0.05) is 49.3 Å². The Kier molecular flexibility index (Phi) is 4.37. The monoisotopic (exact) mass is 288 g/mol. The summed E-state index contributed by atoms with van der Waals surface area (Å²) in [6.45, 7) is 3.82. The Balaban J connectivity index is 2.17. The van der Waals surface area contributed by atoms with Crippen molar-refractivity contribution in [2.45, 2.75) is 25.8 Å². The third kappa shape index (κ3) is 3.47. The SMILES string of the molecule is CC(C)c1cc(C(=O)N[C@H](C(=O)O)c2ccccc2)no1. The molecule has 1 heterocycles. The van der Waals surface area contributed by atoms with Crippen LogP contribution in [0, 0.1) is 0 Å². The first-order chi connectivity index (χ1) is 9.99. The zero-order valence-electron chi connectivity index (χ0n) is 11.7. The maximum absolute atomic E-state index is 12.1. The topological polar surface area (TPSA) is 92.4 Å². The Morgan fingerprint density at radius 3 is 2.43 bits per heavy atom. The molecule has 1 atom stereocenters. The van der Waals surface area contributed by atoms with Crippen LogP contribution < -0.4 is 5.32 Å². The summed E-state index contributed by atoms with van der Waals surface area (Å²) >= 11 is 0. The number of nitrogens with zero attached hydrogens (tertiary/aromatic N) is 1. The van der Waals surface area contributed by atoms with Crippen molar-refractivity contribution in [1.29, 1.82) is 0 Å². The lowest BCUT2D eigenvalue weighted by molar-refractivity contribution is -0.139. The van der Waals surface area contributed by atoms with Crippen LogP contribution in [0.5, 0.6) is 0 Å². The van der Waals surface area contributed by atoms with Crippen molar-refractivity contribution in [3.05, 3.63) is 53.4 Å². The number of amides is 1. The van der Waals surface area contributed by atoms with Gasteiger partial charge in [0.15, 0.2) is 11.7 Å². The Morgan fingerprint density at radius 2 is 1.90 bits per heavy atom. The van der Waals surface area contributed by atoms with Crippen LogP contribution in [0.3, 0.4) is 0 Å². The van der Waals surface area contributed by atoms with Gasteiger partial charge in [0.1, 0.15) is 5.76 Å². The Bertz CT molecular complexity index is 634. The molecule has 110 valence electrons. The summed E-state index contributed by atoms with van der Waals surface area (Å²) in [7, 11) is 0. The first kappa shape index (κ1) is 14.8. The second-order valence-corrected chi connectivity index (χ2v) is 4.92. The number of carbonyl (C=O) groups excluding carboxylic acids is 1. The van der Waals surface area contributed by atoms with E-state index in [0.29, 0.717) is 11.3 Å². The van der Waals surface area contributed by atoms with Gasteiger partial charge in [0.2, 0.25) is 0 Å². The molecule has 0 unspecified atom stereocenters. The third-order valence-electron chi connectivity index (χ3n) is 2.99. The fourth-order valence-electron chi connectivity index (χ4n) is 1.81. The number of benzene rings is 1. The number of carboxylic acids is 1. The molecule has 2 rings (SSSR count). The molecular weight excluding hydrogens is 272 g/mol. The molecule has 0 aliphatic carbocycles. The highest BCUT2D eigenvalue weighted by atomic mass is 16.5. The van der Waals surface area contributed by atoms with Crippen LogP contribution in [0.2, 0.25) is 0 Å². The molecule has 2 aromatic rings. The highest BCUT2D eigenvalue weighted by molar-refractivity contribution is 5.95. The van der Waals surface area contributed by atoms with Gasteiger partial charge in [-0.15, -0.1) is 0 Å². The molecule has 0 spiro atoms. The van der Waals surface area contributed by atoms with E-state index in [4.69, 9.17) is 4.52 Å². The minimum atomic E-state index is -1.14. The predicted octanol–water partition coefficient (Wildman–Crippen LogP) is 2.35. The van der Waals surface area contributed by atoms with Gasteiger partial charge in [-0.3, -0.25) is 4.79 Å². The van der Waals surface area contributed by atoms with Crippen LogP contribution in [-0.4, -0.2) is 22.1 Å². The molecule has 0 radical (unpaired) electrons. The molecule has 6 nitrogen and oxygen atoms in total. The van der Waals surface area contributed by atoms with E-state index in [1.54, 1.807) is 30.3 Å². The van der Waals surface area contributed by atoms with E-state index >= 15 is 0 Å². The largest absolute Gasteiger partial charge is 0.479 e. The van der Waals surface area contributed by atoms with Gasteiger partial charge < -0.3 is 14.9 Å². The summed E-state index contributed by atoms with van der Waals surface area (Å²) in [5, 5.41) is 15.4. The second kappa shape index (κ2) is 6.21. The Labute approximate surface area is 121 Å². The van der Waals surface area contributed by atoms with Gasteiger partial charge in [-0.2, -0.15) is 0 Å². The van der Waals surface area contributed by atoms with E-state index in [0.717, 1.165) is 0 Å². The quantitative estimate of drug-likeness (QED) is 0.881. The zero-order valence-corrected chi connectivity index (χ0v) is 11.7. The number of nitrogens with one attached hydrogen (secondary N) is 1. The number of carboxylic acid groups (broad SMARTS) is 1. The van der Waals surface area contributed by atoms with E-state index in [2.05, 4.69) is 10.5 Å². The summed E-state index contributed by atoms with van der Waals surface area (Å²) in [6, 6.07) is 8.87. The lowest BCUT2D eigenvalue weighted by Crippen LogP contribution is -2.33. The fourth-order valence-corrected chi connectivity index (χ4v) is 1.81. The molecule has 6 heteroatoms. The van der Waals surface area contributed by atoms with E-state index < -0.39 is 17.9 Å². The molecule has 2 N–H and O–H groups in total. The Morgan fingerprint density at radius 1 is 1.24 bits per heavy atom. The number of hydrogen-bond acceptors (Lipinski definition) is 4. The van der Waals surface area contributed by atoms with Crippen LogP contribution >= 0.6 is 0 Å². The van der Waals surface area contributed by atoms with Gasteiger partial charge in [0, 0.05) is 12.0 Å². The third-order valence-corrected chi connectivity index (χ3v) is 2.99. The van der Waals surface area contributed by atoms with Crippen LogP contribution in [0.1, 0.15) is 47.6 Å². The summed E-state index contributed by atoms with van der Waals surface area (Å²) in [5.74, 6) is -1.04. The number of hydrogen-bond donors (Lipinski definition) is 2. The molecule has 1 aromatic carbocycles. The molecule has 0 saturated carbocycles. The first-order valence-electron chi connectivity index (χ1n) is 6.54. The van der Waals surface area contributed by atoms with Crippen LogP contribution in [0.15, 0.2) is 40.9 Å². The number of rotatable bonds is 5. The van der Waals surface area contributed by atoms with Crippen molar-refractivity contribution < 1.29 is 19.2 Å². The Hall–Kier alpha value is -2.63. The fraction of sp³-hybridized carbons (Fsp3) is 0.267. The predicted molar refractivity (Wildman–Crippen MR) is 74.9 cm³/mol. The number of carbonyl (C=O) groups is 2. The van der Waals surface area contributed by atoms with Crippen molar-refractivity contribution in [3.63, 3.8) is 0 Å². The molecule has 0 aliphatic rings. The number of aliphatic carboxylic acids is 1. The highest BCUT2D eigenvalue weighted by Crippen LogP contribution is 2.17. The van der Waals surface area contributed by atoms with Crippen molar-refractivity contribution in [2.24, 2.45) is 0 Å². The lowest BCUT2D eigenvalue weighted by atomic mass is 10.1. The van der Waals surface area contributed by atoms with E-state index in [1.165, 1.54) is 6.07 Å². The van der Waals surface area contributed by atoms with Gasteiger partial charge in [0.05, 0.1) is 0 Å². The lowest BCUT2D eigenvalue weighted by Gasteiger charge is -2.13. The summed E-state index contributed by atoms with van der Waals surface area (Å²) in [5.41, 5.74) is 0.562. The van der Waals surface area contributed by atoms with Gasteiger partial charge in [-0.05, 0) is 5.56 Å². The smallest absolute Gasteiger partial charge is 0.330 e. The molecule has 0 fully saturated rings. The standard InChI is InChI=1S/C15H16N2O4/c1-9(2)12-8-11(17-21-12)14(18)16-13(15(19)20)10-6-4-3-5-7-10/h3-9,13H,1-2H3,(H,16,18)(H,19,20)/t13-/m0/s1. The van der Waals surface area contributed by atoms with Crippen molar-refractivity contribution in [2.75, 3.05) is 0 Å². The molecule has 1 aromatic heterocycles. The van der Waals surface area contributed by atoms with Gasteiger partial charge in [0.25, 0.3) is 5.91 Å². The van der Waals surface area contributed by atoms with Crippen molar-refractivity contribution >= 4 is 11.9 Å². The van der Waals surface area contributed by atoms with Crippen LogP contribution in [-0.2, 0) is 4.79 Å². The second-order valence-electron chi connectivity index (χ2n) is 4.92. The molecule has 0 aliphatic heterocycles. The van der Waals surface area contributed by atoms with Gasteiger partial charge in [-0.25, -0.2) is 4.79 Å². The maximum atomic E-state index is 12.1. The zero-order chi connectivity index (χ0) is 15.4. The summed E-state index contributed by atoms with van der Waals surface area (Å²) in [6.07, 6.45) is 0. The minimum Gasteiger partial charge on any atom is -0.479 e. The van der Waals surface area contributed by atoms with Crippen molar-refractivity contribution in [1.82, 2.24) is 10.5 Å². The van der Waals surface area contributed by atoms with E-state index in [9.17, 15) is 14.7 Å². The van der Waals surface area contributed by atoms with Crippen molar-refractivity contribution in [3.8, 4) is 0 Å². The molecule has 0 bridgehead atoms. The van der Waals surface area contributed by atoms with Crippen LogP contribution in [0.4, 0.5) is 0 Å². The first-order valence-corrected chi connectivity index (χ1v) is 6.54. The minimum absolute atomic E-state index is 0.0703. The normalized spacial score (nSPS) is 12.1. The van der Waals surface area contributed by atoms with E-state index in [1.807, 2.05) is 13.8 Å². The summed E-state index contributed by atoms with van der Waals surface area (Å²) < 4.78 is 5.04. The van der Waals surface area contributed by atoms with Gasteiger partial charge >= 0.3 is 5.97 Å². The average molecular weight is 288 g/mol. The molecular formula is C15H16N2O4. The van der Waals surface area contributed by atoms with E-state index in [-0.39, 0.29) is 11.6 Å². The maximum Gasteiger partial charge on any atom is 0.330 e.